The van der Waals surface area contributed by atoms with Crippen molar-refractivity contribution < 1.29 is 13.9 Å². The van der Waals surface area contributed by atoms with Crippen LogP contribution < -0.4 is 10.1 Å². The first-order valence-corrected chi connectivity index (χ1v) is 10.3. The summed E-state index contributed by atoms with van der Waals surface area (Å²) in [6.45, 7) is 1.61. The zero-order valence-electron chi connectivity index (χ0n) is 15.0. The molecule has 5 nitrogen and oxygen atoms in total. The second-order valence-electron chi connectivity index (χ2n) is 5.70. The smallest absolute Gasteiger partial charge is 0.266 e. The lowest BCUT2D eigenvalue weighted by atomic mass is 10.2. The summed E-state index contributed by atoms with van der Waals surface area (Å²) < 4.78 is 19.2. The van der Waals surface area contributed by atoms with Crippen LogP contribution in [-0.2, 0) is 4.79 Å². The van der Waals surface area contributed by atoms with Crippen molar-refractivity contribution in [3.63, 3.8) is 0 Å². The number of rotatable bonds is 8. The highest BCUT2D eigenvalue weighted by molar-refractivity contribution is 8.01. The molecule has 0 aliphatic carbocycles. The van der Waals surface area contributed by atoms with Gasteiger partial charge < -0.3 is 4.74 Å². The Morgan fingerprint density at radius 2 is 1.96 bits per heavy atom. The van der Waals surface area contributed by atoms with Crippen molar-refractivity contribution in [2.24, 2.45) is 0 Å². The lowest BCUT2D eigenvalue weighted by molar-refractivity contribution is -0.122. The van der Waals surface area contributed by atoms with Gasteiger partial charge in [-0.2, -0.15) is 0 Å². The molecule has 0 fully saturated rings. The van der Waals surface area contributed by atoms with Crippen LogP contribution in [0.25, 0.3) is 6.08 Å². The van der Waals surface area contributed by atoms with Gasteiger partial charge in [-0.05, 0) is 36.8 Å². The van der Waals surface area contributed by atoms with Gasteiger partial charge in [-0.1, -0.05) is 65.6 Å². The highest BCUT2D eigenvalue weighted by Crippen LogP contribution is 2.26. The third-order valence-electron chi connectivity index (χ3n) is 3.55. The number of anilines is 1. The predicted molar refractivity (Wildman–Crippen MR) is 111 cm³/mol. The topological polar surface area (TPSA) is 64.1 Å². The first kappa shape index (κ1) is 20.0. The van der Waals surface area contributed by atoms with Gasteiger partial charge in [0, 0.05) is 5.75 Å². The van der Waals surface area contributed by atoms with Crippen LogP contribution in [0.5, 0.6) is 5.75 Å². The summed E-state index contributed by atoms with van der Waals surface area (Å²) in [5, 5.41) is 11.1. The molecule has 0 spiro atoms. The Morgan fingerprint density at radius 1 is 1.21 bits per heavy atom. The fraction of sp³-hybridized carbons (Fsp3) is 0.150. The van der Waals surface area contributed by atoms with Gasteiger partial charge in [-0.15, -0.1) is 10.2 Å². The fourth-order valence-electron chi connectivity index (χ4n) is 2.16. The minimum atomic E-state index is -0.751. The maximum absolute atomic E-state index is 12.9. The standard InChI is InChI=1S/C20H18FN3O2S2/c1-14(26-17-11-9-16(21)10-12-17)18(25)22-19-23-24-20(28-19)27-13-5-8-15-6-3-2-4-7-15/h2-12,14H,13H2,1H3,(H,22,23,25)/b8-5+. The number of thioether (sulfide) groups is 1. The Hall–Kier alpha value is -2.71. The van der Waals surface area contributed by atoms with Crippen molar-refractivity contribution in [2.45, 2.75) is 17.4 Å². The Labute approximate surface area is 170 Å². The molecule has 3 rings (SSSR count). The predicted octanol–water partition coefficient (Wildman–Crippen LogP) is 4.89. The molecule has 28 heavy (non-hydrogen) atoms. The molecule has 0 bridgehead atoms. The molecule has 2 aromatic carbocycles. The molecule has 1 atom stereocenters. The lowest BCUT2D eigenvalue weighted by Gasteiger charge is -2.13. The Bertz CT molecular complexity index is 930. The van der Waals surface area contributed by atoms with Crippen LogP contribution in [0, 0.1) is 5.82 Å². The minimum absolute atomic E-state index is 0.346. The summed E-state index contributed by atoms with van der Waals surface area (Å²) in [6, 6.07) is 15.5. The molecule has 8 heteroatoms. The third kappa shape index (κ3) is 6.17. The van der Waals surface area contributed by atoms with E-state index in [-0.39, 0.29) is 11.7 Å². The highest BCUT2D eigenvalue weighted by Gasteiger charge is 2.17. The molecule has 3 aromatic rings. The monoisotopic (exact) mass is 415 g/mol. The molecule has 144 valence electrons. The quantitative estimate of drug-likeness (QED) is 0.419. The Kier molecular flexibility index (Phi) is 7.16. The van der Waals surface area contributed by atoms with Gasteiger partial charge in [0.2, 0.25) is 5.13 Å². The molecule has 1 N–H and O–H groups in total. The molecule has 0 aliphatic rings. The lowest BCUT2D eigenvalue weighted by Crippen LogP contribution is -2.30. The largest absolute Gasteiger partial charge is 0.481 e. The van der Waals surface area contributed by atoms with Crippen LogP contribution in [0.2, 0.25) is 0 Å². The molecular weight excluding hydrogens is 397 g/mol. The summed E-state index contributed by atoms with van der Waals surface area (Å²) in [4.78, 5) is 12.2. The summed E-state index contributed by atoms with van der Waals surface area (Å²) in [5.74, 6) is 0.465. The van der Waals surface area contributed by atoms with Crippen molar-refractivity contribution in [1.29, 1.82) is 0 Å². The Morgan fingerprint density at radius 3 is 2.71 bits per heavy atom. The second kappa shape index (κ2) is 10.0. The van der Waals surface area contributed by atoms with Crippen molar-refractivity contribution in [3.8, 4) is 5.75 Å². The SMILES string of the molecule is CC(Oc1ccc(F)cc1)C(=O)Nc1nnc(SC/C=C/c2ccccc2)s1. The van der Waals surface area contributed by atoms with Crippen molar-refractivity contribution in [1.82, 2.24) is 10.2 Å². The average molecular weight is 416 g/mol. The van der Waals surface area contributed by atoms with E-state index >= 15 is 0 Å². The number of benzene rings is 2. The summed E-state index contributed by atoms with van der Waals surface area (Å²) in [5.41, 5.74) is 1.14. The van der Waals surface area contributed by atoms with E-state index in [1.165, 1.54) is 47.4 Å². The number of nitrogens with zero attached hydrogens (tertiary/aromatic N) is 2. The van der Waals surface area contributed by atoms with Gasteiger partial charge in [0.25, 0.3) is 5.91 Å². The number of halogens is 1. The first-order chi connectivity index (χ1) is 13.6. The van der Waals surface area contributed by atoms with Gasteiger partial charge >= 0.3 is 0 Å². The van der Waals surface area contributed by atoms with E-state index in [1.54, 1.807) is 6.92 Å². The van der Waals surface area contributed by atoms with E-state index in [1.807, 2.05) is 36.4 Å². The van der Waals surface area contributed by atoms with Crippen LogP contribution in [0.4, 0.5) is 9.52 Å². The second-order valence-corrected chi connectivity index (χ2v) is 7.95. The van der Waals surface area contributed by atoms with E-state index < -0.39 is 6.10 Å². The van der Waals surface area contributed by atoms with E-state index in [0.717, 1.165) is 15.7 Å². The van der Waals surface area contributed by atoms with E-state index in [2.05, 4.69) is 21.6 Å². The average Bonchev–Trinajstić information content (AvgIpc) is 3.15. The highest BCUT2D eigenvalue weighted by atomic mass is 32.2. The van der Waals surface area contributed by atoms with Crippen LogP contribution in [0.15, 0.2) is 65.0 Å². The maximum Gasteiger partial charge on any atom is 0.266 e. The number of ether oxygens (including phenoxy) is 1. The van der Waals surface area contributed by atoms with Crippen LogP contribution in [-0.4, -0.2) is 28.0 Å². The van der Waals surface area contributed by atoms with Crippen LogP contribution in [0.1, 0.15) is 12.5 Å². The minimum Gasteiger partial charge on any atom is -0.481 e. The number of nitrogens with one attached hydrogen (secondary N) is 1. The molecule has 0 saturated heterocycles. The number of hydrogen-bond donors (Lipinski definition) is 1. The van der Waals surface area contributed by atoms with E-state index in [4.69, 9.17) is 4.74 Å². The maximum atomic E-state index is 12.9. The normalized spacial score (nSPS) is 12.1. The van der Waals surface area contributed by atoms with Gasteiger partial charge in [0.15, 0.2) is 10.4 Å². The molecular formula is C20H18FN3O2S2. The molecule has 1 aromatic heterocycles. The number of carbonyl (C=O) groups excluding carboxylic acids is 1. The third-order valence-corrected chi connectivity index (χ3v) is 5.47. The van der Waals surface area contributed by atoms with Gasteiger partial charge in [-0.25, -0.2) is 4.39 Å². The zero-order chi connectivity index (χ0) is 19.8. The van der Waals surface area contributed by atoms with Gasteiger partial charge in [0.05, 0.1) is 0 Å². The number of amides is 1. The first-order valence-electron chi connectivity index (χ1n) is 8.51. The van der Waals surface area contributed by atoms with Crippen molar-refractivity contribution >= 4 is 40.2 Å². The van der Waals surface area contributed by atoms with Crippen molar-refractivity contribution in [2.75, 3.05) is 11.1 Å². The molecule has 0 saturated carbocycles. The molecule has 0 aliphatic heterocycles. The van der Waals surface area contributed by atoms with Gasteiger partial charge in [0.1, 0.15) is 11.6 Å². The molecule has 0 radical (unpaired) electrons. The molecule has 1 amide bonds. The molecule has 1 heterocycles. The fourth-order valence-corrected chi connectivity index (χ4v) is 3.75. The number of carbonyl (C=O) groups is 1. The van der Waals surface area contributed by atoms with Crippen molar-refractivity contribution in [3.05, 3.63) is 72.1 Å². The summed E-state index contributed by atoms with van der Waals surface area (Å²) in [7, 11) is 0. The number of hydrogen-bond acceptors (Lipinski definition) is 6. The van der Waals surface area contributed by atoms with Crippen LogP contribution >= 0.6 is 23.1 Å². The summed E-state index contributed by atoms with van der Waals surface area (Å²) >= 11 is 2.84. The van der Waals surface area contributed by atoms with E-state index in [0.29, 0.717) is 10.9 Å². The van der Waals surface area contributed by atoms with Crippen LogP contribution in [0.3, 0.4) is 0 Å². The van der Waals surface area contributed by atoms with Gasteiger partial charge in [-0.3, -0.25) is 10.1 Å². The van der Waals surface area contributed by atoms with E-state index in [9.17, 15) is 9.18 Å². The molecule has 1 unspecified atom stereocenters. The Balaban J connectivity index is 1.46. The zero-order valence-corrected chi connectivity index (χ0v) is 16.7. The summed E-state index contributed by atoms with van der Waals surface area (Å²) in [6.07, 6.45) is 3.35. The number of aromatic nitrogens is 2.